The Morgan fingerprint density at radius 3 is 2.84 bits per heavy atom. The van der Waals surface area contributed by atoms with Crippen molar-refractivity contribution in [3.8, 4) is 10.4 Å². The maximum absolute atomic E-state index is 12.6. The minimum atomic E-state index is -0.244. The first kappa shape index (κ1) is 17.3. The zero-order chi connectivity index (χ0) is 17.8. The van der Waals surface area contributed by atoms with Gasteiger partial charge in [0.15, 0.2) is 0 Å². The lowest BCUT2D eigenvalue weighted by Crippen LogP contribution is -2.39. The minimum Gasteiger partial charge on any atom is -0.383 e. The van der Waals surface area contributed by atoms with Gasteiger partial charge in [-0.2, -0.15) is 0 Å². The topological polar surface area (TPSA) is 73.2 Å². The average Bonchev–Trinajstić information content (AvgIpc) is 3.03. The molecule has 0 radical (unpaired) electrons. The van der Waals surface area contributed by atoms with Gasteiger partial charge in [-0.25, -0.2) is 4.98 Å². The molecular formula is C18H19N3O3S. The van der Waals surface area contributed by atoms with Crippen molar-refractivity contribution in [1.82, 2.24) is 14.9 Å². The third-order valence-corrected chi connectivity index (χ3v) is 4.81. The molecule has 0 aliphatic rings. The van der Waals surface area contributed by atoms with Crippen molar-refractivity contribution >= 4 is 27.5 Å². The smallest absolute Gasteiger partial charge is 0.262 e. The Kier molecular flexibility index (Phi) is 5.25. The second-order valence-corrected chi connectivity index (χ2v) is 6.83. The first-order valence-electron chi connectivity index (χ1n) is 7.91. The van der Waals surface area contributed by atoms with Gasteiger partial charge in [0.25, 0.3) is 5.56 Å². The number of hydrogen-bond acceptors (Lipinski definition) is 5. The van der Waals surface area contributed by atoms with Crippen molar-refractivity contribution in [1.29, 1.82) is 0 Å². The molecule has 1 atom stereocenters. The third kappa shape index (κ3) is 3.94. The molecule has 0 unspecified atom stereocenters. The average molecular weight is 357 g/mol. The summed E-state index contributed by atoms with van der Waals surface area (Å²) < 4.78 is 6.32. The van der Waals surface area contributed by atoms with Crippen molar-refractivity contribution in [3.05, 3.63) is 53.1 Å². The molecule has 0 aliphatic heterocycles. The van der Waals surface area contributed by atoms with Crippen LogP contribution in [0, 0.1) is 0 Å². The summed E-state index contributed by atoms with van der Waals surface area (Å²) in [5.41, 5.74) is 0.834. The van der Waals surface area contributed by atoms with E-state index in [-0.39, 0.29) is 24.1 Å². The van der Waals surface area contributed by atoms with Crippen molar-refractivity contribution in [3.63, 3.8) is 0 Å². The highest BCUT2D eigenvalue weighted by Gasteiger charge is 2.13. The fraction of sp³-hybridized carbons (Fsp3) is 0.278. The van der Waals surface area contributed by atoms with Crippen LogP contribution < -0.4 is 10.9 Å². The highest BCUT2D eigenvalue weighted by molar-refractivity contribution is 7.21. The van der Waals surface area contributed by atoms with Crippen molar-refractivity contribution in [2.45, 2.75) is 19.5 Å². The first-order valence-corrected chi connectivity index (χ1v) is 8.73. The third-order valence-electron chi connectivity index (χ3n) is 3.71. The summed E-state index contributed by atoms with van der Waals surface area (Å²) in [6.45, 7) is 2.20. The highest BCUT2D eigenvalue weighted by Crippen LogP contribution is 2.30. The SMILES string of the molecule is COC[C@@H](C)NC(=O)Cn1cnc2sc(-c3ccccc3)cc2c1=O. The monoisotopic (exact) mass is 357 g/mol. The lowest BCUT2D eigenvalue weighted by molar-refractivity contribution is -0.122. The summed E-state index contributed by atoms with van der Waals surface area (Å²) in [7, 11) is 1.58. The first-order chi connectivity index (χ1) is 12.1. The molecule has 1 aromatic carbocycles. The number of methoxy groups -OCH3 is 1. The van der Waals surface area contributed by atoms with E-state index in [0.717, 1.165) is 10.4 Å². The maximum Gasteiger partial charge on any atom is 0.262 e. The van der Waals surface area contributed by atoms with Gasteiger partial charge in [-0.3, -0.25) is 14.2 Å². The van der Waals surface area contributed by atoms with E-state index in [4.69, 9.17) is 4.74 Å². The fourth-order valence-electron chi connectivity index (χ4n) is 2.58. The Balaban J connectivity index is 1.85. The van der Waals surface area contributed by atoms with Crippen molar-refractivity contribution < 1.29 is 9.53 Å². The van der Waals surface area contributed by atoms with Crippen molar-refractivity contribution in [2.24, 2.45) is 0 Å². The Labute approximate surface area is 149 Å². The van der Waals surface area contributed by atoms with Gasteiger partial charge < -0.3 is 10.1 Å². The fourth-order valence-corrected chi connectivity index (χ4v) is 3.58. The van der Waals surface area contributed by atoms with Gasteiger partial charge in [0.2, 0.25) is 5.91 Å². The normalized spacial score (nSPS) is 12.2. The Morgan fingerprint density at radius 1 is 1.36 bits per heavy atom. The van der Waals surface area contributed by atoms with Gasteiger partial charge >= 0.3 is 0 Å². The summed E-state index contributed by atoms with van der Waals surface area (Å²) in [4.78, 5) is 30.7. The van der Waals surface area contributed by atoms with Gasteiger partial charge in [0, 0.05) is 18.0 Å². The molecular weight excluding hydrogens is 338 g/mol. The summed E-state index contributed by atoms with van der Waals surface area (Å²) in [5.74, 6) is -0.244. The van der Waals surface area contributed by atoms with E-state index in [9.17, 15) is 9.59 Å². The largest absolute Gasteiger partial charge is 0.383 e. The lowest BCUT2D eigenvalue weighted by atomic mass is 10.2. The molecule has 0 aliphatic carbocycles. The van der Waals surface area contributed by atoms with Crippen molar-refractivity contribution in [2.75, 3.05) is 13.7 Å². The molecule has 2 heterocycles. The predicted molar refractivity (Wildman–Crippen MR) is 98.8 cm³/mol. The molecule has 25 heavy (non-hydrogen) atoms. The van der Waals surface area contributed by atoms with E-state index in [1.54, 1.807) is 7.11 Å². The number of aromatic nitrogens is 2. The highest BCUT2D eigenvalue weighted by atomic mass is 32.1. The standard InChI is InChI=1S/C18H19N3O3S/c1-12(10-24-2)20-16(22)9-21-11-19-17-14(18(21)23)8-15(25-17)13-6-4-3-5-7-13/h3-8,11-12H,9-10H2,1-2H3,(H,20,22)/t12-/m1/s1. The van der Waals surface area contributed by atoms with E-state index >= 15 is 0 Å². The number of nitrogens with one attached hydrogen (secondary N) is 1. The number of benzene rings is 1. The van der Waals surface area contributed by atoms with Crippen LogP contribution in [0.2, 0.25) is 0 Å². The molecule has 1 amide bonds. The molecule has 0 saturated heterocycles. The van der Waals surface area contributed by atoms with E-state index in [0.29, 0.717) is 16.8 Å². The van der Waals surface area contributed by atoms with Gasteiger partial charge in [-0.05, 0) is 18.6 Å². The van der Waals surface area contributed by atoms with Crippen LogP contribution in [0.3, 0.4) is 0 Å². The van der Waals surface area contributed by atoms with Crippen LogP contribution in [0.1, 0.15) is 6.92 Å². The molecule has 1 N–H and O–H groups in total. The molecule has 6 nitrogen and oxygen atoms in total. The van der Waals surface area contributed by atoms with Crippen LogP contribution >= 0.6 is 11.3 Å². The molecule has 0 bridgehead atoms. The lowest BCUT2D eigenvalue weighted by Gasteiger charge is -2.13. The molecule has 0 fully saturated rings. The number of nitrogens with zero attached hydrogens (tertiary/aromatic N) is 2. The summed E-state index contributed by atoms with van der Waals surface area (Å²) in [6.07, 6.45) is 1.43. The number of thiophene rings is 1. The molecule has 0 saturated carbocycles. The predicted octanol–water partition coefficient (Wildman–Crippen LogP) is 2.28. The van der Waals surface area contributed by atoms with Gasteiger partial charge in [0.05, 0.1) is 18.3 Å². The second kappa shape index (κ2) is 7.58. The summed E-state index contributed by atoms with van der Waals surface area (Å²) in [6, 6.07) is 11.6. The maximum atomic E-state index is 12.6. The van der Waals surface area contributed by atoms with Crippen LogP contribution in [0.15, 0.2) is 47.5 Å². The minimum absolute atomic E-state index is 0.0632. The van der Waals surface area contributed by atoms with E-state index in [1.165, 1.54) is 22.2 Å². The van der Waals surface area contributed by atoms with Crippen LogP contribution in [0.4, 0.5) is 0 Å². The number of fused-ring (bicyclic) bond motifs is 1. The van der Waals surface area contributed by atoms with Crippen LogP contribution in [0.25, 0.3) is 20.7 Å². The summed E-state index contributed by atoms with van der Waals surface area (Å²) in [5, 5.41) is 3.32. The van der Waals surface area contributed by atoms with Gasteiger partial charge in [-0.15, -0.1) is 11.3 Å². The molecule has 3 rings (SSSR count). The number of carbonyl (C=O) groups excluding carboxylic acids is 1. The number of amides is 1. The Bertz CT molecular complexity index is 934. The van der Waals surface area contributed by atoms with Gasteiger partial charge in [-0.1, -0.05) is 30.3 Å². The van der Waals surface area contributed by atoms with E-state index in [1.807, 2.05) is 43.3 Å². The molecule has 0 spiro atoms. The van der Waals surface area contributed by atoms with Gasteiger partial charge in [0.1, 0.15) is 11.4 Å². The van der Waals surface area contributed by atoms with Crippen LogP contribution in [0.5, 0.6) is 0 Å². The van der Waals surface area contributed by atoms with Crippen LogP contribution in [-0.2, 0) is 16.1 Å². The molecule has 3 aromatic rings. The number of carbonyl (C=O) groups is 1. The van der Waals surface area contributed by atoms with E-state index < -0.39 is 0 Å². The molecule has 7 heteroatoms. The number of hydrogen-bond donors (Lipinski definition) is 1. The number of ether oxygens (including phenoxy) is 1. The second-order valence-electron chi connectivity index (χ2n) is 5.80. The summed E-state index contributed by atoms with van der Waals surface area (Å²) >= 11 is 1.47. The Morgan fingerprint density at radius 2 is 2.12 bits per heavy atom. The zero-order valence-corrected chi connectivity index (χ0v) is 14.9. The van der Waals surface area contributed by atoms with Crippen LogP contribution in [-0.4, -0.2) is 35.2 Å². The number of rotatable bonds is 6. The Hall–Kier alpha value is -2.51. The quantitative estimate of drug-likeness (QED) is 0.734. The zero-order valence-electron chi connectivity index (χ0n) is 14.1. The molecule has 2 aromatic heterocycles. The van der Waals surface area contributed by atoms with E-state index in [2.05, 4.69) is 10.3 Å². The molecule has 130 valence electrons.